The summed E-state index contributed by atoms with van der Waals surface area (Å²) in [5.41, 5.74) is -1.43. The molecular weight excluding hydrogens is 246 g/mol. The predicted octanol–water partition coefficient (Wildman–Crippen LogP) is 1.95. The maximum absolute atomic E-state index is 12.2. The van der Waals surface area contributed by atoms with Crippen molar-refractivity contribution in [2.45, 2.75) is 6.43 Å². The minimum absolute atomic E-state index is 0.198. The second kappa shape index (κ2) is 3.66. The summed E-state index contributed by atoms with van der Waals surface area (Å²) >= 11 is 2.70. The molecule has 1 heterocycles. The van der Waals surface area contributed by atoms with Crippen LogP contribution in [0, 0.1) is 11.3 Å². The summed E-state index contributed by atoms with van der Waals surface area (Å²) in [5, 5.41) is 8.39. The molecule has 0 atom stereocenters. The van der Waals surface area contributed by atoms with E-state index in [2.05, 4.69) is 20.9 Å². The van der Waals surface area contributed by atoms with Gasteiger partial charge in [-0.2, -0.15) is 5.26 Å². The minimum Gasteiger partial charge on any atom is -0.358 e. The third-order valence-electron chi connectivity index (χ3n) is 1.39. The van der Waals surface area contributed by atoms with Crippen molar-refractivity contribution in [1.29, 1.82) is 5.26 Å². The molecule has 68 valence electrons. The van der Waals surface area contributed by atoms with E-state index in [-0.39, 0.29) is 10.0 Å². The fourth-order valence-electron chi connectivity index (χ4n) is 0.761. The molecule has 0 radical (unpaired) electrons. The second-order valence-corrected chi connectivity index (χ2v) is 2.96. The van der Waals surface area contributed by atoms with Crippen molar-refractivity contribution in [3.8, 4) is 6.07 Å². The van der Waals surface area contributed by atoms with Gasteiger partial charge in [-0.05, 0) is 15.9 Å². The number of pyridine rings is 1. The highest BCUT2D eigenvalue weighted by molar-refractivity contribution is 9.10. The molecule has 0 aliphatic carbocycles. The molecule has 0 aromatic carbocycles. The van der Waals surface area contributed by atoms with Crippen LogP contribution in [-0.4, -0.2) is 4.98 Å². The number of nitrogens with one attached hydrogen (secondary N) is 1. The standard InChI is InChI=1S/C7H3BrF2N2O/c8-4-5(7(9)10)12-2-3(1-11)6(4)13/h2,7H,(H,12,13). The third kappa shape index (κ3) is 1.75. The van der Waals surface area contributed by atoms with Crippen LogP contribution in [0.2, 0.25) is 0 Å². The summed E-state index contributed by atoms with van der Waals surface area (Å²) in [4.78, 5) is 13.3. The van der Waals surface area contributed by atoms with Gasteiger partial charge in [0.2, 0.25) is 5.43 Å². The van der Waals surface area contributed by atoms with E-state index in [1.165, 1.54) is 0 Å². The van der Waals surface area contributed by atoms with Gasteiger partial charge in [0.25, 0.3) is 6.43 Å². The van der Waals surface area contributed by atoms with Crippen molar-refractivity contribution >= 4 is 15.9 Å². The van der Waals surface area contributed by atoms with E-state index in [1.807, 2.05) is 0 Å². The topological polar surface area (TPSA) is 56.6 Å². The number of aromatic nitrogens is 1. The average Bonchev–Trinajstić information content (AvgIpc) is 2.09. The number of rotatable bonds is 1. The Kier molecular flexibility index (Phi) is 2.78. The lowest BCUT2D eigenvalue weighted by molar-refractivity contribution is 0.145. The van der Waals surface area contributed by atoms with Gasteiger partial charge in [0.15, 0.2) is 0 Å². The van der Waals surface area contributed by atoms with Crippen molar-refractivity contribution in [3.05, 3.63) is 32.2 Å². The zero-order valence-electron chi connectivity index (χ0n) is 6.14. The summed E-state index contributed by atoms with van der Waals surface area (Å²) in [6.45, 7) is 0. The highest BCUT2D eigenvalue weighted by Gasteiger charge is 2.16. The monoisotopic (exact) mass is 248 g/mol. The molecule has 13 heavy (non-hydrogen) atoms. The van der Waals surface area contributed by atoms with E-state index in [1.54, 1.807) is 6.07 Å². The van der Waals surface area contributed by atoms with E-state index in [0.717, 1.165) is 6.20 Å². The van der Waals surface area contributed by atoms with Gasteiger partial charge in [-0.3, -0.25) is 4.79 Å². The van der Waals surface area contributed by atoms with Crippen LogP contribution in [0.3, 0.4) is 0 Å². The first-order chi connectivity index (χ1) is 6.07. The van der Waals surface area contributed by atoms with Gasteiger partial charge in [-0.1, -0.05) is 0 Å². The van der Waals surface area contributed by atoms with Gasteiger partial charge < -0.3 is 4.98 Å². The van der Waals surface area contributed by atoms with Crippen molar-refractivity contribution < 1.29 is 8.78 Å². The van der Waals surface area contributed by atoms with Gasteiger partial charge in [-0.15, -0.1) is 0 Å². The maximum atomic E-state index is 12.2. The van der Waals surface area contributed by atoms with Crippen molar-refractivity contribution in [2.24, 2.45) is 0 Å². The van der Waals surface area contributed by atoms with Crippen LogP contribution in [-0.2, 0) is 0 Å². The lowest BCUT2D eigenvalue weighted by Gasteiger charge is -2.01. The van der Waals surface area contributed by atoms with E-state index < -0.39 is 17.5 Å². The first-order valence-electron chi connectivity index (χ1n) is 3.17. The maximum Gasteiger partial charge on any atom is 0.279 e. The van der Waals surface area contributed by atoms with E-state index >= 15 is 0 Å². The van der Waals surface area contributed by atoms with Gasteiger partial charge in [0, 0.05) is 6.20 Å². The third-order valence-corrected chi connectivity index (χ3v) is 2.18. The molecule has 0 aliphatic heterocycles. The SMILES string of the molecule is N#Cc1c[nH]c(C(F)F)c(Br)c1=O. The number of H-pyrrole nitrogens is 1. The molecule has 0 saturated carbocycles. The Hall–Kier alpha value is -1.22. The Bertz CT molecular complexity index is 421. The average molecular weight is 249 g/mol. The van der Waals surface area contributed by atoms with Crippen LogP contribution < -0.4 is 5.43 Å². The highest BCUT2D eigenvalue weighted by Crippen LogP contribution is 2.22. The quantitative estimate of drug-likeness (QED) is 0.826. The number of nitriles is 1. The van der Waals surface area contributed by atoms with Gasteiger partial charge in [-0.25, -0.2) is 8.78 Å². The summed E-state index contributed by atoms with van der Waals surface area (Å²) in [6, 6.07) is 1.58. The Labute approximate surface area is 80.1 Å². The summed E-state index contributed by atoms with van der Waals surface area (Å²) in [7, 11) is 0. The lowest BCUT2D eigenvalue weighted by Crippen LogP contribution is -2.11. The van der Waals surface area contributed by atoms with E-state index in [4.69, 9.17) is 5.26 Å². The van der Waals surface area contributed by atoms with Crippen LogP contribution in [0.25, 0.3) is 0 Å². The van der Waals surface area contributed by atoms with Crippen LogP contribution >= 0.6 is 15.9 Å². The number of halogens is 3. The zero-order valence-corrected chi connectivity index (χ0v) is 7.73. The van der Waals surface area contributed by atoms with Crippen LogP contribution in [0.15, 0.2) is 15.5 Å². The lowest BCUT2D eigenvalue weighted by atomic mass is 10.2. The van der Waals surface area contributed by atoms with Crippen molar-refractivity contribution in [3.63, 3.8) is 0 Å². The van der Waals surface area contributed by atoms with Crippen LogP contribution in [0.4, 0.5) is 8.78 Å². The fraction of sp³-hybridized carbons (Fsp3) is 0.143. The number of alkyl halides is 2. The van der Waals surface area contributed by atoms with Crippen molar-refractivity contribution in [2.75, 3.05) is 0 Å². The highest BCUT2D eigenvalue weighted by atomic mass is 79.9. The molecule has 0 aliphatic rings. The molecule has 6 heteroatoms. The smallest absolute Gasteiger partial charge is 0.279 e. The normalized spacial score (nSPS) is 10.1. The Morgan fingerprint density at radius 2 is 2.23 bits per heavy atom. The zero-order chi connectivity index (χ0) is 10.0. The molecule has 0 saturated heterocycles. The summed E-state index contributed by atoms with van der Waals surface area (Å²) in [5.74, 6) is 0. The molecule has 3 nitrogen and oxygen atoms in total. The second-order valence-electron chi connectivity index (χ2n) is 2.17. The molecule has 1 aromatic rings. The molecule has 0 fully saturated rings. The van der Waals surface area contributed by atoms with Gasteiger partial charge in [0.1, 0.15) is 17.3 Å². The first kappa shape index (κ1) is 9.86. The minimum atomic E-state index is -2.77. The fourth-order valence-corrected chi connectivity index (χ4v) is 1.26. The molecule has 0 spiro atoms. The number of hydrogen-bond donors (Lipinski definition) is 1. The van der Waals surface area contributed by atoms with Gasteiger partial charge >= 0.3 is 0 Å². The van der Waals surface area contributed by atoms with Crippen LogP contribution in [0.5, 0.6) is 0 Å². The van der Waals surface area contributed by atoms with Crippen LogP contribution in [0.1, 0.15) is 17.7 Å². The first-order valence-corrected chi connectivity index (χ1v) is 3.96. The molecule has 1 N–H and O–H groups in total. The largest absolute Gasteiger partial charge is 0.358 e. The molecule has 1 aromatic heterocycles. The van der Waals surface area contributed by atoms with E-state index in [0.29, 0.717) is 0 Å². The summed E-state index contributed by atoms with van der Waals surface area (Å²) in [6.07, 6.45) is -1.80. The Morgan fingerprint density at radius 3 is 2.69 bits per heavy atom. The van der Waals surface area contributed by atoms with E-state index in [9.17, 15) is 13.6 Å². The van der Waals surface area contributed by atoms with Crippen molar-refractivity contribution in [1.82, 2.24) is 4.98 Å². The van der Waals surface area contributed by atoms with Gasteiger partial charge in [0.05, 0.1) is 4.47 Å². The molecule has 1 rings (SSSR count). The molecule has 0 unspecified atom stereocenters. The number of aromatic amines is 1. The molecular formula is C7H3BrF2N2O. The summed E-state index contributed by atoms with van der Waals surface area (Å²) < 4.78 is 24.0. The predicted molar refractivity (Wildman–Crippen MR) is 44.4 cm³/mol. The molecule has 0 amide bonds. The Morgan fingerprint density at radius 1 is 1.62 bits per heavy atom. The number of nitrogens with zero attached hydrogens (tertiary/aromatic N) is 1. The number of hydrogen-bond acceptors (Lipinski definition) is 2. The Balaban J connectivity index is 3.43. The molecule has 0 bridgehead atoms.